The number of pyridine rings is 3. The summed E-state index contributed by atoms with van der Waals surface area (Å²) in [6.45, 7) is 0. The molecule has 0 bridgehead atoms. The molecule has 0 amide bonds. The van der Waals surface area contributed by atoms with E-state index in [2.05, 4.69) is 402 Å². The lowest BCUT2D eigenvalue weighted by Crippen LogP contribution is -1.96. The third-order valence-corrected chi connectivity index (χ3v) is 26.9. The predicted octanol–water partition coefficient (Wildman–Crippen LogP) is 31.0. The molecular weight excluding hydrogens is 1650 g/mol. The molecule has 29 rings (SSSR count). The molecule has 0 saturated carbocycles. The maximum absolute atomic E-state index is 5.36. The molecule has 0 aliphatic carbocycles. The summed E-state index contributed by atoms with van der Waals surface area (Å²) < 4.78 is 6.61. The smallest absolute Gasteiger partial charge is 0.137 e. The highest BCUT2D eigenvalue weighted by atomic mass is 15.0. The van der Waals surface area contributed by atoms with Gasteiger partial charge in [0.2, 0.25) is 0 Å². The van der Waals surface area contributed by atoms with Gasteiger partial charge in [0.25, 0.3) is 0 Å². The average molecular weight is 1720 g/mol. The largest absolute Gasteiger partial charge is 0.299 e. The lowest BCUT2D eigenvalue weighted by molar-refractivity contribution is 1.23. The van der Waals surface area contributed by atoms with Gasteiger partial charge in [0.05, 0.1) is 100 Å². The van der Waals surface area contributed by atoms with Crippen molar-refractivity contribution in [1.29, 1.82) is 0 Å². The van der Waals surface area contributed by atoms with E-state index in [0.717, 1.165) is 200 Å². The zero-order valence-corrected chi connectivity index (χ0v) is 72.6. The van der Waals surface area contributed by atoms with E-state index in [4.69, 9.17) is 44.9 Å². The molecule has 135 heavy (non-hydrogen) atoms. The number of rotatable bonds is 8. The normalized spacial score (nSPS) is 11.9. The fourth-order valence-corrected chi connectivity index (χ4v) is 20.5. The Morgan fingerprint density at radius 3 is 0.785 bits per heavy atom. The molecule has 0 fully saturated rings. The van der Waals surface area contributed by atoms with Crippen LogP contribution in [0.2, 0.25) is 0 Å². The summed E-state index contributed by atoms with van der Waals surface area (Å²) in [5.41, 5.74) is 31.0. The van der Waals surface area contributed by atoms with E-state index < -0.39 is 0 Å². The van der Waals surface area contributed by atoms with Gasteiger partial charge in [-0.05, 0) is 156 Å². The Morgan fingerprint density at radius 2 is 0.393 bits per heavy atom. The first-order valence-corrected chi connectivity index (χ1v) is 45.5. The van der Waals surface area contributed by atoms with Crippen LogP contribution in [0.5, 0.6) is 0 Å². The van der Waals surface area contributed by atoms with E-state index >= 15 is 0 Å². The molecule has 626 valence electrons. The van der Waals surface area contributed by atoms with Crippen molar-refractivity contribution in [3.8, 4) is 89.8 Å². The molecule has 0 radical (unpaired) electrons. The summed E-state index contributed by atoms with van der Waals surface area (Å²) in [5.74, 6) is 0. The minimum atomic E-state index is 0.879. The van der Waals surface area contributed by atoms with Crippen LogP contribution in [0.1, 0.15) is 0 Å². The van der Waals surface area contributed by atoms with Crippen molar-refractivity contribution in [2.75, 3.05) is 0 Å². The Balaban J connectivity index is 0.000000103. The van der Waals surface area contributed by atoms with Gasteiger partial charge >= 0.3 is 0 Å². The molecule has 0 aliphatic heterocycles. The summed E-state index contributed by atoms with van der Waals surface area (Å²) >= 11 is 0. The molecule has 0 spiro atoms. The quantitative estimate of drug-likeness (QED) is 0.137. The monoisotopic (exact) mass is 1720 g/mol. The lowest BCUT2D eigenvalue weighted by Gasteiger charge is -2.14. The topological polar surface area (TPSA) is 129 Å². The first-order chi connectivity index (χ1) is 66.9. The first kappa shape index (κ1) is 76.6. The Bertz CT molecular complexity index is 9960. The van der Waals surface area contributed by atoms with E-state index in [9.17, 15) is 0 Å². The molecule has 9 aromatic heterocycles. The van der Waals surface area contributed by atoms with E-state index in [1.54, 1.807) is 0 Å². The molecule has 0 saturated heterocycles. The maximum Gasteiger partial charge on any atom is 0.137 e. The molecule has 0 atom stereocenters. The number of benzene rings is 20. The van der Waals surface area contributed by atoms with Crippen LogP contribution in [0.3, 0.4) is 0 Å². The second-order valence-corrected chi connectivity index (χ2v) is 34.6. The Hall–Kier alpha value is -18.4. The number of hydrogen-bond acceptors (Lipinski definition) is 9. The first-order valence-electron chi connectivity index (χ1n) is 45.5. The van der Waals surface area contributed by atoms with Crippen molar-refractivity contribution in [1.82, 2.24) is 58.1 Å². The minimum absolute atomic E-state index is 0.879. The summed E-state index contributed by atoms with van der Waals surface area (Å²) in [5, 5.41) is 21.0. The number of fused-ring (bicyclic) bond motifs is 33. The Morgan fingerprint density at radius 1 is 0.133 bits per heavy atom. The van der Waals surface area contributed by atoms with Crippen molar-refractivity contribution < 1.29 is 0 Å². The summed E-state index contributed by atoms with van der Waals surface area (Å²) in [7, 11) is 0. The fraction of sp³-hybridized carbons (Fsp3) is 0. The second kappa shape index (κ2) is 31.2. The standard InChI is InChI=1S/2C43H26N4.C37H22N4/c1-3-11-27(12-4-1)39-40(28-13-5-2-6-14-28)46-41-32-21-18-29(25-31(32)20-23-37(41)44-39)30-19-22-35-36(26-30)33-15-7-8-16-34(33)42-43(35)47-24-10-9-17-38(47)45-42;1-3-11-28(12-4-1)39-40(29-13-5-2-6-14-29)46-41-35-25-30(19-18-27(35)21-23-37(41)44-39)31-20-22-34-36(26-31)32-15-7-8-16-33(32)42-43(34)47-24-10-9-17-38(47)45-42;1-2-11-24(12-3-1)33-34(40-35-26-13-5-4-10-23(26)18-20-31(35)38-33)25-17-19-29-30(22-25)27-14-6-7-15-28(27)36-37(29)41-21-9-8-16-32(41)39-36/h2*1-26H;1-22H. The van der Waals surface area contributed by atoms with E-state index in [-0.39, 0.29) is 0 Å². The van der Waals surface area contributed by atoms with Gasteiger partial charge in [0.15, 0.2) is 0 Å². The van der Waals surface area contributed by atoms with Crippen LogP contribution in [0, 0.1) is 0 Å². The molecule has 12 heteroatoms. The molecule has 9 heterocycles. The predicted molar refractivity (Wildman–Crippen MR) is 558 cm³/mol. The van der Waals surface area contributed by atoms with Gasteiger partial charge in [0.1, 0.15) is 16.9 Å². The zero-order chi connectivity index (χ0) is 88.7. The highest BCUT2D eigenvalue weighted by Gasteiger charge is 2.25. The van der Waals surface area contributed by atoms with Gasteiger partial charge in [0, 0.05) is 100 Å². The number of aromatic nitrogens is 12. The van der Waals surface area contributed by atoms with Gasteiger partial charge in [-0.1, -0.05) is 346 Å². The molecule has 0 N–H and O–H groups in total. The summed E-state index contributed by atoms with van der Waals surface area (Å²) in [4.78, 5) is 46.8. The van der Waals surface area contributed by atoms with Crippen LogP contribution in [-0.2, 0) is 0 Å². The van der Waals surface area contributed by atoms with Gasteiger partial charge in [-0.25, -0.2) is 44.9 Å². The molecule has 12 nitrogen and oxygen atoms in total. The van der Waals surface area contributed by atoms with Gasteiger partial charge in [-0.3, -0.25) is 13.2 Å². The van der Waals surface area contributed by atoms with Crippen molar-refractivity contribution in [2.24, 2.45) is 0 Å². The average Bonchev–Trinajstić information content (AvgIpc) is 1.66. The number of imidazole rings is 3. The highest BCUT2D eigenvalue weighted by molar-refractivity contribution is 6.28. The van der Waals surface area contributed by atoms with Crippen LogP contribution in [0.25, 0.3) is 270 Å². The zero-order valence-electron chi connectivity index (χ0n) is 72.6. The van der Waals surface area contributed by atoms with E-state index in [1.165, 1.54) is 70.4 Å². The Labute approximate surface area is 772 Å². The third-order valence-electron chi connectivity index (χ3n) is 26.9. The minimum Gasteiger partial charge on any atom is -0.299 e. The fourth-order valence-electron chi connectivity index (χ4n) is 20.5. The van der Waals surface area contributed by atoms with Gasteiger partial charge < -0.3 is 0 Å². The molecule has 20 aromatic carbocycles. The third kappa shape index (κ3) is 12.7. The number of hydrogen-bond donors (Lipinski definition) is 0. The second-order valence-electron chi connectivity index (χ2n) is 34.6. The SMILES string of the molecule is c1ccc(-c2nc3ccc4cc(-c5ccc6c(c5)c5ccccc5c5nc7ccccn7c65)ccc4c3nc2-c2ccccc2)cc1.c1ccc(-c2nc3ccc4ccc(-c5ccc6c(c5)c5ccccc5c5nc7ccccn7c65)cc4c3nc2-c2ccccc2)cc1.c1ccc(-c2nc3ccc4ccccc4c3nc2-c2ccc3c(c2)c2ccccc2c2nc4ccccn4c32)cc1. The van der Waals surface area contributed by atoms with Crippen molar-refractivity contribution >= 4 is 180 Å². The maximum atomic E-state index is 5.36. The van der Waals surface area contributed by atoms with Crippen LogP contribution >= 0.6 is 0 Å². The van der Waals surface area contributed by atoms with Gasteiger partial charge in [-0.2, -0.15) is 0 Å². The van der Waals surface area contributed by atoms with Crippen molar-refractivity contribution in [3.63, 3.8) is 0 Å². The van der Waals surface area contributed by atoms with Crippen LogP contribution in [0.4, 0.5) is 0 Å². The van der Waals surface area contributed by atoms with Gasteiger partial charge in [-0.15, -0.1) is 0 Å². The molecule has 0 aliphatic rings. The summed E-state index contributed by atoms with van der Waals surface area (Å²) in [6, 6.07) is 151. The number of nitrogens with zero attached hydrogens (tertiary/aromatic N) is 12. The summed E-state index contributed by atoms with van der Waals surface area (Å²) in [6.07, 6.45) is 6.31. The molecular formula is C123H74N12. The molecule has 0 unspecified atom stereocenters. The van der Waals surface area contributed by atoms with E-state index in [0.29, 0.717) is 0 Å². The van der Waals surface area contributed by atoms with Crippen molar-refractivity contribution in [2.45, 2.75) is 0 Å². The van der Waals surface area contributed by atoms with Crippen LogP contribution in [0.15, 0.2) is 449 Å². The molecule has 29 aromatic rings. The van der Waals surface area contributed by atoms with Crippen LogP contribution in [-0.4, -0.2) is 58.1 Å². The van der Waals surface area contributed by atoms with Crippen molar-refractivity contribution in [3.05, 3.63) is 449 Å². The van der Waals surface area contributed by atoms with Crippen LogP contribution < -0.4 is 0 Å². The Kier molecular flexibility index (Phi) is 17.7. The highest BCUT2D eigenvalue weighted by Crippen LogP contribution is 2.46. The lowest BCUT2D eigenvalue weighted by atomic mass is 9.94. The van der Waals surface area contributed by atoms with E-state index in [1.807, 2.05) is 60.7 Å².